The third-order valence-electron chi connectivity index (χ3n) is 2.41. The molecule has 2 N–H and O–H groups in total. The van der Waals surface area contributed by atoms with Crippen molar-refractivity contribution in [3.05, 3.63) is 30.1 Å². The Kier molecular flexibility index (Phi) is 3.48. The van der Waals surface area contributed by atoms with Gasteiger partial charge in [0.25, 0.3) is 0 Å². The summed E-state index contributed by atoms with van der Waals surface area (Å²) in [4.78, 5) is 11.7. The zero-order valence-corrected chi connectivity index (χ0v) is 8.74. The van der Waals surface area contributed by atoms with Gasteiger partial charge in [-0.15, -0.1) is 0 Å². The van der Waals surface area contributed by atoms with Crippen molar-refractivity contribution in [3.8, 4) is 0 Å². The van der Waals surface area contributed by atoms with Gasteiger partial charge in [0.1, 0.15) is 11.9 Å². The van der Waals surface area contributed by atoms with E-state index in [9.17, 15) is 9.18 Å². The molecule has 1 heterocycles. The lowest BCUT2D eigenvalue weighted by atomic mass is 10.2. The second-order valence-electron chi connectivity index (χ2n) is 3.60. The Morgan fingerprint density at radius 1 is 1.50 bits per heavy atom. The number of nitrogens with one attached hydrogen (secondary N) is 2. The number of benzene rings is 1. The van der Waals surface area contributed by atoms with Crippen LogP contribution in [0.4, 0.5) is 10.1 Å². The fourth-order valence-electron chi connectivity index (χ4n) is 1.56. The Bertz CT molecular complexity index is 377. The molecule has 1 amide bonds. The van der Waals surface area contributed by atoms with Gasteiger partial charge in [-0.05, 0) is 12.1 Å². The molecule has 1 fully saturated rings. The van der Waals surface area contributed by atoms with Crippen molar-refractivity contribution in [1.29, 1.82) is 0 Å². The molecule has 1 atom stereocenters. The number of anilines is 1. The number of rotatable bonds is 2. The zero-order valence-electron chi connectivity index (χ0n) is 8.74. The fraction of sp³-hybridized carbons (Fsp3) is 0.364. The van der Waals surface area contributed by atoms with Crippen molar-refractivity contribution in [2.45, 2.75) is 6.04 Å². The number of halogens is 1. The van der Waals surface area contributed by atoms with E-state index in [2.05, 4.69) is 16.0 Å². The lowest BCUT2D eigenvalue weighted by Crippen LogP contribution is -2.50. The van der Waals surface area contributed by atoms with Crippen molar-refractivity contribution < 1.29 is 9.18 Å². The molecule has 1 aromatic rings. The van der Waals surface area contributed by atoms with Crippen LogP contribution in [0.2, 0.25) is 0 Å². The highest BCUT2D eigenvalue weighted by molar-refractivity contribution is 5.95. The van der Waals surface area contributed by atoms with Gasteiger partial charge < -0.3 is 10.6 Å². The first-order chi connectivity index (χ1) is 7.77. The van der Waals surface area contributed by atoms with E-state index < -0.39 is 11.9 Å². The van der Waals surface area contributed by atoms with Gasteiger partial charge in [0.2, 0.25) is 5.91 Å². The monoisotopic (exact) mass is 222 g/mol. The first-order valence-corrected chi connectivity index (χ1v) is 5.20. The average molecular weight is 222 g/mol. The predicted molar refractivity (Wildman–Crippen MR) is 58.7 cm³/mol. The number of hydrogen-bond acceptors (Lipinski definition) is 2. The van der Waals surface area contributed by atoms with Crippen LogP contribution in [-0.4, -0.2) is 31.6 Å². The van der Waals surface area contributed by atoms with Crippen LogP contribution < -0.4 is 16.0 Å². The standard InChI is InChI=1S/C11H13FN3O/c12-8-3-1-2-4-9(8)15-11(16)10-7-13-5-6-14-10/h1-4,10,13H,5-7H2,(H,15,16). The molecule has 0 aliphatic carbocycles. The van der Waals surface area contributed by atoms with Crippen molar-refractivity contribution >= 4 is 11.6 Å². The summed E-state index contributed by atoms with van der Waals surface area (Å²) in [6, 6.07) is 5.68. The SMILES string of the molecule is O=C(Nc1ccccc1F)C1CNCC[N]1. The van der Waals surface area contributed by atoms with Crippen LogP contribution in [0.5, 0.6) is 0 Å². The summed E-state index contributed by atoms with van der Waals surface area (Å²) in [7, 11) is 0. The summed E-state index contributed by atoms with van der Waals surface area (Å²) >= 11 is 0. The summed E-state index contributed by atoms with van der Waals surface area (Å²) in [5, 5.41) is 9.76. The van der Waals surface area contributed by atoms with E-state index in [1.54, 1.807) is 12.1 Å². The first kappa shape index (κ1) is 11.0. The summed E-state index contributed by atoms with van der Waals surface area (Å²) in [6.45, 7) is 1.93. The molecular weight excluding hydrogens is 209 g/mol. The zero-order chi connectivity index (χ0) is 11.4. The predicted octanol–water partition coefficient (Wildman–Crippen LogP) is 0.340. The molecule has 16 heavy (non-hydrogen) atoms. The third-order valence-corrected chi connectivity index (χ3v) is 2.41. The third kappa shape index (κ3) is 2.56. The van der Waals surface area contributed by atoms with Crippen molar-refractivity contribution in [1.82, 2.24) is 10.6 Å². The van der Waals surface area contributed by atoms with Crippen LogP contribution in [0.1, 0.15) is 0 Å². The van der Waals surface area contributed by atoms with Gasteiger partial charge >= 0.3 is 0 Å². The molecule has 5 heteroatoms. The van der Waals surface area contributed by atoms with Gasteiger partial charge in [0.05, 0.1) is 5.69 Å². The normalized spacial score (nSPS) is 20.4. The van der Waals surface area contributed by atoms with Crippen molar-refractivity contribution in [2.24, 2.45) is 0 Å². The minimum atomic E-state index is -0.431. The van der Waals surface area contributed by atoms with Crippen molar-refractivity contribution in [2.75, 3.05) is 25.0 Å². The van der Waals surface area contributed by atoms with Gasteiger partial charge in [-0.2, -0.15) is 0 Å². The number of hydrogen-bond donors (Lipinski definition) is 2. The molecule has 0 saturated carbocycles. The lowest BCUT2D eigenvalue weighted by Gasteiger charge is -2.21. The van der Waals surface area contributed by atoms with Gasteiger partial charge in [-0.1, -0.05) is 12.1 Å². The molecule has 4 nitrogen and oxygen atoms in total. The average Bonchev–Trinajstić information content (AvgIpc) is 2.33. The number of carbonyl (C=O) groups is 1. The van der Waals surface area contributed by atoms with Gasteiger partial charge in [0, 0.05) is 19.6 Å². The molecule has 2 rings (SSSR count). The van der Waals surface area contributed by atoms with Crippen LogP contribution in [0, 0.1) is 5.82 Å². The molecular formula is C11H13FN3O. The van der Waals surface area contributed by atoms with E-state index in [0.29, 0.717) is 13.1 Å². The number of carbonyl (C=O) groups excluding carboxylic acids is 1. The molecule has 1 aromatic carbocycles. The number of para-hydroxylation sites is 1. The summed E-state index contributed by atoms with van der Waals surface area (Å²) in [5.74, 6) is -0.697. The van der Waals surface area contributed by atoms with E-state index >= 15 is 0 Å². The second-order valence-corrected chi connectivity index (χ2v) is 3.60. The molecule has 0 spiro atoms. The molecule has 85 valence electrons. The molecule has 1 aliphatic heterocycles. The maximum Gasteiger partial charge on any atom is 0.244 e. The topological polar surface area (TPSA) is 55.2 Å². The van der Waals surface area contributed by atoms with E-state index in [1.807, 2.05) is 0 Å². The fourth-order valence-corrected chi connectivity index (χ4v) is 1.56. The van der Waals surface area contributed by atoms with Crippen LogP contribution in [-0.2, 0) is 4.79 Å². The molecule has 1 saturated heterocycles. The molecule has 1 aliphatic rings. The minimum absolute atomic E-state index is 0.202. The highest BCUT2D eigenvalue weighted by Crippen LogP contribution is 2.12. The number of nitrogens with zero attached hydrogens (tertiary/aromatic N) is 1. The molecule has 0 bridgehead atoms. The Labute approximate surface area is 93.2 Å². The van der Waals surface area contributed by atoms with E-state index in [0.717, 1.165) is 6.54 Å². The highest BCUT2D eigenvalue weighted by atomic mass is 19.1. The highest BCUT2D eigenvalue weighted by Gasteiger charge is 2.22. The smallest absolute Gasteiger partial charge is 0.244 e. The summed E-state index contributed by atoms with van der Waals surface area (Å²) in [5.41, 5.74) is 0.202. The number of amides is 1. The second kappa shape index (κ2) is 5.05. The minimum Gasteiger partial charge on any atom is -0.322 e. The van der Waals surface area contributed by atoms with Crippen molar-refractivity contribution in [3.63, 3.8) is 0 Å². The quantitative estimate of drug-likeness (QED) is 0.758. The Morgan fingerprint density at radius 3 is 3.00 bits per heavy atom. The lowest BCUT2D eigenvalue weighted by molar-refractivity contribution is -0.118. The van der Waals surface area contributed by atoms with Gasteiger partial charge in [-0.3, -0.25) is 4.79 Å². The largest absolute Gasteiger partial charge is 0.322 e. The van der Waals surface area contributed by atoms with Crippen LogP contribution in [0.25, 0.3) is 0 Å². The van der Waals surface area contributed by atoms with Gasteiger partial charge in [-0.25, -0.2) is 9.71 Å². The van der Waals surface area contributed by atoms with E-state index in [-0.39, 0.29) is 11.6 Å². The number of piperazine rings is 1. The first-order valence-electron chi connectivity index (χ1n) is 5.20. The summed E-state index contributed by atoms with van der Waals surface area (Å²) in [6.07, 6.45) is 0. The Balaban J connectivity index is 1.99. The molecule has 1 radical (unpaired) electrons. The molecule has 0 aromatic heterocycles. The maximum atomic E-state index is 13.3. The van der Waals surface area contributed by atoms with Gasteiger partial charge in [0.15, 0.2) is 0 Å². The van der Waals surface area contributed by atoms with E-state index in [1.165, 1.54) is 12.1 Å². The van der Waals surface area contributed by atoms with Crippen LogP contribution in [0.3, 0.4) is 0 Å². The Morgan fingerprint density at radius 2 is 2.31 bits per heavy atom. The maximum absolute atomic E-state index is 13.3. The van der Waals surface area contributed by atoms with E-state index in [4.69, 9.17) is 0 Å². The van der Waals surface area contributed by atoms with Crippen LogP contribution >= 0.6 is 0 Å². The summed E-state index contributed by atoms with van der Waals surface area (Å²) < 4.78 is 13.3. The molecule has 1 unspecified atom stereocenters. The Hall–Kier alpha value is -1.46. The van der Waals surface area contributed by atoms with Crippen LogP contribution in [0.15, 0.2) is 24.3 Å².